The number of aryl methyl sites for hydroxylation is 2. The number of nitrogens with zero attached hydrogens (tertiary/aromatic N) is 3. The van der Waals surface area contributed by atoms with Gasteiger partial charge in [-0.25, -0.2) is 4.98 Å². The van der Waals surface area contributed by atoms with Crippen molar-refractivity contribution in [2.45, 2.75) is 25.7 Å². The van der Waals surface area contributed by atoms with Crippen LogP contribution in [0.2, 0.25) is 0 Å². The largest absolute Gasteiger partial charge is 0.437 e. The lowest BCUT2D eigenvalue weighted by molar-refractivity contribution is 0.318. The zero-order valence-electron chi connectivity index (χ0n) is 11.5. The summed E-state index contributed by atoms with van der Waals surface area (Å²) in [6.07, 6.45) is 7.40. The summed E-state index contributed by atoms with van der Waals surface area (Å²) >= 11 is 0. The monoisotopic (exact) mass is 284 g/mol. The minimum atomic E-state index is -0.00485. The lowest BCUT2D eigenvalue weighted by Crippen LogP contribution is -2.17. The lowest BCUT2D eigenvalue weighted by atomic mass is 9.95. The van der Waals surface area contributed by atoms with Gasteiger partial charge in [0.05, 0.1) is 11.8 Å². The summed E-state index contributed by atoms with van der Waals surface area (Å²) in [5.41, 5.74) is 8.41. The van der Waals surface area contributed by atoms with Gasteiger partial charge in [-0.15, -0.1) is 0 Å². The van der Waals surface area contributed by atoms with E-state index in [9.17, 15) is 0 Å². The molecular weight excluding hydrogens is 268 g/mol. The minimum absolute atomic E-state index is 0.00485. The molecule has 3 rings (SSSR count). The number of hydrogen-bond donors (Lipinski definition) is 2. The van der Waals surface area contributed by atoms with Crippen molar-refractivity contribution in [2.24, 2.45) is 10.9 Å². The highest BCUT2D eigenvalue weighted by atomic mass is 16.5. The van der Waals surface area contributed by atoms with Gasteiger partial charge in [0.25, 0.3) is 0 Å². The van der Waals surface area contributed by atoms with E-state index in [1.165, 1.54) is 0 Å². The van der Waals surface area contributed by atoms with Gasteiger partial charge in [0.2, 0.25) is 5.88 Å². The topological polar surface area (TPSA) is 93.6 Å². The Morgan fingerprint density at radius 2 is 2.19 bits per heavy atom. The highest BCUT2D eigenvalue weighted by molar-refractivity contribution is 5.99. The molecule has 0 amide bonds. The zero-order valence-corrected chi connectivity index (χ0v) is 11.5. The Bertz CT molecular complexity index is 671. The molecule has 2 aromatic rings. The Hall–Kier alpha value is -2.63. The van der Waals surface area contributed by atoms with Crippen LogP contribution in [0.3, 0.4) is 0 Å². The Morgan fingerprint density at radius 3 is 2.95 bits per heavy atom. The van der Waals surface area contributed by atoms with Gasteiger partial charge < -0.3 is 15.7 Å². The summed E-state index contributed by atoms with van der Waals surface area (Å²) in [6, 6.07) is 5.46. The van der Waals surface area contributed by atoms with Gasteiger partial charge in [0.15, 0.2) is 5.84 Å². The van der Waals surface area contributed by atoms with E-state index in [-0.39, 0.29) is 5.84 Å². The second kappa shape index (κ2) is 5.78. The predicted octanol–water partition coefficient (Wildman–Crippen LogP) is 2.24. The fourth-order valence-electron chi connectivity index (χ4n) is 2.45. The number of amidine groups is 1. The summed E-state index contributed by atoms with van der Waals surface area (Å²) < 4.78 is 5.75. The summed E-state index contributed by atoms with van der Waals surface area (Å²) in [5, 5.41) is 12.0. The van der Waals surface area contributed by atoms with Gasteiger partial charge in [0.1, 0.15) is 5.75 Å². The first-order chi connectivity index (χ1) is 10.3. The Labute approximate surface area is 122 Å². The third-order valence-corrected chi connectivity index (χ3v) is 3.50. The van der Waals surface area contributed by atoms with Crippen molar-refractivity contribution in [3.63, 3.8) is 0 Å². The van der Waals surface area contributed by atoms with Crippen LogP contribution in [-0.4, -0.2) is 21.0 Å². The molecule has 1 aliphatic carbocycles. The van der Waals surface area contributed by atoms with E-state index in [4.69, 9.17) is 15.7 Å². The molecule has 0 aliphatic heterocycles. The summed E-state index contributed by atoms with van der Waals surface area (Å²) in [4.78, 5) is 8.55. The normalized spacial score (nSPS) is 14.6. The van der Waals surface area contributed by atoms with E-state index in [1.54, 1.807) is 24.5 Å². The van der Waals surface area contributed by atoms with Gasteiger partial charge in [0, 0.05) is 11.9 Å². The van der Waals surface area contributed by atoms with E-state index < -0.39 is 0 Å². The molecule has 3 N–H and O–H groups in total. The number of fused-ring (bicyclic) bond motifs is 1. The highest BCUT2D eigenvalue weighted by Crippen LogP contribution is 2.28. The number of ether oxygens (including phenoxy) is 1. The number of pyridine rings is 2. The SMILES string of the molecule is NC(=NO)c1cc2c(nc1Oc1cccnc1)CCCC2. The van der Waals surface area contributed by atoms with Gasteiger partial charge in [-0.1, -0.05) is 5.16 Å². The van der Waals surface area contributed by atoms with Crippen LogP contribution in [0.1, 0.15) is 29.7 Å². The molecule has 108 valence electrons. The molecule has 0 saturated carbocycles. The van der Waals surface area contributed by atoms with Crippen LogP contribution < -0.4 is 10.5 Å². The van der Waals surface area contributed by atoms with Gasteiger partial charge >= 0.3 is 0 Å². The number of rotatable bonds is 3. The van der Waals surface area contributed by atoms with Crippen LogP contribution in [0.15, 0.2) is 35.7 Å². The van der Waals surface area contributed by atoms with Crippen molar-refractivity contribution in [1.82, 2.24) is 9.97 Å². The molecule has 0 aromatic carbocycles. The van der Waals surface area contributed by atoms with Crippen LogP contribution in [0.25, 0.3) is 0 Å². The maximum atomic E-state index is 8.95. The number of nitrogens with two attached hydrogens (primary N) is 1. The molecule has 1 aliphatic rings. The Kier molecular flexibility index (Phi) is 3.68. The Morgan fingerprint density at radius 1 is 1.33 bits per heavy atom. The molecular formula is C15H16N4O2. The minimum Gasteiger partial charge on any atom is -0.437 e. The van der Waals surface area contributed by atoms with Crippen molar-refractivity contribution < 1.29 is 9.94 Å². The van der Waals surface area contributed by atoms with Gasteiger partial charge in [-0.3, -0.25) is 4.98 Å². The number of oxime groups is 1. The Balaban J connectivity index is 2.04. The molecule has 0 atom stereocenters. The number of aromatic nitrogens is 2. The smallest absolute Gasteiger partial charge is 0.230 e. The van der Waals surface area contributed by atoms with Gasteiger partial charge in [-0.2, -0.15) is 0 Å². The summed E-state index contributed by atoms with van der Waals surface area (Å²) in [6.45, 7) is 0. The highest BCUT2D eigenvalue weighted by Gasteiger charge is 2.18. The van der Waals surface area contributed by atoms with E-state index in [2.05, 4.69) is 15.1 Å². The maximum absolute atomic E-state index is 8.95. The molecule has 2 aromatic heterocycles. The molecule has 6 heteroatoms. The van der Waals surface area contributed by atoms with E-state index >= 15 is 0 Å². The first-order valence-electron chi connectivity index (χ1n) is 6.86. The van der Waals surface area contributed by atoms with Crippen LogP contribution in [0, 0.1) is 0 Å². The maximum Gasteiger partial charge on any atom is 0.230 e. The van der Waals surface area contributed by atoms with E-state index in [0.29, 0.717) is 17.2 Å². The zero-order chi connectivity index (χ0) is 14.7. The fourth-order valence-corrected chi connectivity index (χ4v) is 2.45. The summed E-state index contributed by atoms with van der Waals surface area (Å²) in [5.74, 6) is 0.904. The molecule has 6 nitrogen and oxygen atoms in total. The van der Waals surface area contributed by atoms with Crippen LogP contribution in [0.5, 0.6) is 11.6 Å². The number of hydrogen-bond acceptors (Lipinski definition) is 5. The standard InChI is InChI=1S/C15H16N4O2/c16-14(19-20)12-8-10-4-1-2-6-13(10)18-15(12)21-11-5-3-7-17-9-11/h3,5,7-9,20H,1-2,4,6H2,(H2,16,19). The van der Waals surface area contributed by atoms with Gasteiger partial charge in [-0.05, 0) is 49.4 Å². The quantitative estimate of drug-likeness (QED) is 0.390. The first kappa shape index (κ1) is 13.4. The van der Waals surface area contributed by atoms with Crippen LogP contribution >= 0.6 is 0 Å². The molecule has 0 radical (unpaired) electrons. The van der Waals surface area contributed by atoms with Crippen molar-refractivity contribution in [2.75, 3.05) is 0 Å². The summed E-state index contributed by atoms with van der Waals surface area (Å²) in [7, 11) is 0. The molecule has 0 unspecified atom stereocenters. The first-order valence-corrected chi connectivity index (χ1v) is 6.86. The second-order valence-corrected chi connectivity index (χ2v) is 4.93. The molecule has 0 fully saturated rings. The molecule has 2 heterocycles. The van der Waals surface area contributed by atoms with Crippen molar-refractivity contribution in [1.29, 1.82) is 0 Å². The third kappa shape index (κ3) is 2.79. The fraction of sp³-hybridized carbons (Fsp3) is 0.267. The van der Waals surface area contributed by atoms with E-state index in [0.717, 1.165) is 36.9 Å². The molecule has 0 spiro atoms. The average molecular weight is 284 g/mol. The van der Waals surface area contributed by atoms with Crippen LogP contribution in [-0.2, 0) is 12.8 Å². The average Bonchev–Trinajstić information content (AvgIpc) is 2.54. The third-order valence-electron chi connectivity index (χ3n) is 3.50. The predicted molar refractivity (Wildman–Crippen MR) is 77.7 cm³/mol. The molecule has 0 bridgehead atoms. The molecule has 21 heavy (non-hydrogen) atoms. The molecule has 0 saturated heterocycles. The second-order valence-electron chi connectivity index (χ2n) is 4.93. The van der Waals surface area contributed by atoms with Crippen molar-refractivity contribution in [3.8, 4) is 11.6 Å². The van der Waals surface area contributed by atoms with Crippen LogP contribution in [0.4, 0.5) is 0 Å². The van der Waals surface area contributed by atoms with E-state index in [1.807, 2.05) is 6.07 Å². The lowest BCUT2D eigenvalue weighted by Gasteiger charge is -2.18. The van der Waals surface area contributed by atoms with Crippen molar-refractivity contribution >= 4 is 5.84 Å². The van der Waals surface area contributed by atoms with Crippen molar-refractivity contribution in [3.05, 3.63) is 47.4 Å².